The Morgan fingerprint density at radius 2 is 0.929 bits per heavy atom. The molecular weight excluding hydrogens is 687 g/mol. The Morgan fingerprint density at radius 1 is 0.357 bits per heavy atom. The second-order valence-corrected chi connectivity index (χ2v) is 13.9. The van der Waals surface area contributed by atoms with Gasteiger partial charge in [-0.3, -0.25) is 4.57 Å². The first kappa shape index (κ1) is 31.8. The fourth-order valence-corrected chi connectivity index (χ4v) is 7.81. The van der Waals surface area contributed by atoms with E-state index in [1.54, 1.807) is 0 Å². The van der Waals surface area contributed by atoms with Crippen LogP contribution >= 0.6 is 0 Å². The number of hydrogen-bond acceptors (Lipinski definition) is 5. The molecule has 11 rings (SSSR count). The summed E-state index contributed by atoms with van der Waals surface area (Å²) in [5.74, 6) is 2.40. The maximum absolute atomic E-state index is 6.45. The largest absolute Gasteiger partial charge is 0.456 e. The van der Waals surface area contributed by atoms with E-state index in [1.165, 1.54) is 0 Å². The fraction of sp³-hybridized carbons (Fsp3) is 0. The van der Waals surface area contributed by atoms with Crippen molar-refractivity contribution in [3.63, 3.8) is 0 Å². The minimum atomic E-state index is 0.525. The Balaban J connectivity index is 1.21. The van der Waals surface area contributed by atoms with Crippen molar-refractivity contribution in [2.45, 2.75) is 0 Å². The van der Waals surface area contributed by atoms with Crippen molar-refractivity contribution in [3.8, 4) is 62.2 Å². The maximum Gasteiger partial charge on any atom is 0.167 e. The van der Waals surface area contributed by atoms with Crippen LogP contribution in [0.15, 0.2) is 193 Å². The molecule has 0 aliphatic heterocycles. The van der Waals surface area contributed by atoms with Crippen molar-refractivity contribution in [1.29, 1.82) is 0 Å². The summed E-state index contributed by atoms with van der Waals surface area (Å²) in [5.41, 5.74) is 10.5. The molecule has 6 nitrogen and oxygen atoms in total. The zero-order valence-corrected chi connectivity index (χ0v) is 30.0. The van der Waals surface area contributed by atoms with E-state index in [1.807, 2.05) is 85.1 Å². The topological polar surface area (TPSA) is 69.6 Å². The second-order valence-electron chi connectivity index (χ2n) is 13.9. The van der Waals surface area contributed by atoms with E-state index in [0.29, 0.717) is 23.3 Å². The summed E-state index contributed by atoms with van der Waals surface area (Å²) in [7, 11) is 0. The van der Waals surface area contributed by atoms with Gasteiger partial charge in [0.1, 0.15) is 17.0 Å². The molecule has 4 heterocycles. The quantitative estimate of drug-likeness (QED) is 0.171. The SMILES string of the molecule is c1ccc(-c2cccc(-c3cnc(-n4c5ccccc5c5cc6c(cc54)oc4ccccc46)c(-c4nc(-c5ccccc5)nc(-c5ccccc5)n4)c3)c2)cc1. The number of benzene rings is 7. The molecular formula is C50H31N5O. The van der Waals surface area contributed by atoms with E-state index >= 15 is 0 Å². The highest BCUT2D eigenvalue weighted by Gasteiger charge is 2.23. The number of para-hydroxylation sites is 2. The fourth-order valence-electron chi connectivity index (χ4n) is 7.81. The summed E-state index contributed by atoms with van der Waals surface area (Å²) in [6, 6.07) is 62.4. The van der Waals surface area contributed by atoms with Gasteiger partial charge in [0.2, 0.25) is 0 Å². The average molecular weight is 718 g/mol. The molecule has 11 aromatic rings. The summed E-state index contributed by atoms with van der Waals surface area (Å²) in [6.45, 7) is 0. The van der Waals surface area contributed by atoms with Gasteiger partial charge in [0.25, 0.3) is 0 Å². The lowest BCUT2D eigenvalue weighted by Gasteiger charge is -2.15. The zero-order chi connectivity index (χ0) is 37.0. The van der Waals surface area contributed by atoms with E-state index in [9.17, 15) is 0 Å². The summed E-state index contributed by atoms with van der Waals surface area (Å²) >= 11 is 0. The van der Waals surface area contributed by atoms with Gasteiger partial charge < -0.3 is 4.42 Å². The third-order valence-corrected chi connectivity index (χ3v) is 10.5. The minimum Gasteiger partial charge on any atom is -0.456 e. The van der Waals surface area contributed by atoms with Crippen LogP contribution in [0.3, 0.4) is 0 Å². The first-order valence-corrected chi connectivity index (χ1v) is 18.6. The smallest absolute Gasteiger partial charge is 0.167 e. The van der Waals surface area contributed by atoms with E-state index in [2.05, 4.69) is 108 Å². The van der Waals surface area contributed by atoms with Crippen molar-refractivity contribution in [2.75, 3.05) is 0 Å². The molecule has 7 aromatic carbocycles. The lowest BCUT2D eigenvalue weighted by Crippen LogP contribution is -2.05. The molecule has 0 fully saturated rings. The molecule has 0 N–H and O–H groups in total. The lowest BCUT2D eigenvalue weighted by molar-refractivity contribution is 0.669. The van der Waals surface area contributed by atoms with E-state index < -0.39 is 0 Å². The van der Waals surface area contributed by atoms with Crippen LogP contribution < -0.4 is 0 Å². The van der Waals surface area contributed by atoms with Gasteiger partial charge >= 0.3 is 0 Å². The number of aromatic nitrogens is 5. The van der Waals surface area contributed by atoms with Gasteiger partial charge in [-0.2, -0.15) is 0 Å². The van der Waals surface area contributed by atoms with Gasteiger partial charge in [0.05, 0.1) is 16.6 Å². The van der Waals surface area contributed by atoms with Gasteiger partial charge in [-0.05, 0) is 47.0 Å². The summed E-state index contributed by atoms with van der Waals surface area (Å²) < 4.78 is 8.68. The van der Waals surface area contributed by atoms with Gasteiger partial charge in [0, 0.05) is 50.5 Å². The maximum atomic E-state index is 6.45. The molecule has 0 saturated heterocycles. The van der Waals surface area contributed by atoms with Crippen molar-refractivity contribution < 1.29 is 4.42 Å². The summed E-state index contributed by atoms with van der Waals surface area (Å²) in [6.07, 6.45) is 1.96. The third kappa shape index (κ3) is 5.35. The molecule has 262 valence electrons. The van der Waals surface area contributed by atoms with E-state index in [0.717, 1.165) is 82.7 Å². The number of rotatable bonds is 6. The molecule has 0 aliphatic carbocycles. The van der Waals surface area contributed by atoms with Crippen LogP contribution in [0.25, 0.3) is 106 Å². The van der Waals surface area contributed by atoms with Crippen molar-refractivity contribution >= 4 is 43.7 Å². The lowest BCUT2D eigenvalue weighted by atomic mass is 9.99. The predicted molar refractivity (Wildman–Crippen MR) is 226 cm³/mol. The number of furan rings is 1. The van der Waals surface area contributed by atoms with Crippen LogP contribution in [-0.2, 0) is 0 Å². The zero-order valence-electron chi connectivity index (χ0n) is 30.0. The molecule has 0 bridgehead atoms. The molecule has 0 aliphatic rings. The molecule has 0 saturated carbocycles. The molecule has 56 heavy (non-hydrogen) atoms. The third-order valence-electron chi connectivity index (χ3n) is 10.5. The summed E-state index contributed by atoms with van der Waals surface area (Å²) in [5, 5.41) is 4.40. The molecule has 0 radical (unpaired) electrons. The molecule has 0 atom stereocenters. The first-order valence-electron chi connectivity index (χ1n) is 18.6. The highest BCUT2D eigenvalue weighted by Crippen LogP contribution is 2.40. The van der Waals surface area contributed by atoms with Gasteiger partial charge in [0.15, 0.2) is 17.5 Å². The number of fused-ring (bicyclic) bond motifs is 6. The number of pyridine rings is 1. The Hall–Kier alpha value is -7.70. The molecule has 4 aromatic heterocycles. The first-order chi connectivity index (χ1) is 27.7. The Morgan fingerprint density at radius 3 is 1.64 bits per heavy atom. The highest BCUT2D eigenvalue weighted by atomic mass is 16.3. The average Bonchev–Trinajstić information content (AvgIpc) is 3.81. The normalized spacial score (nSPS) is 11.6. The number of hydrogen-bond donors (Lipinski definition) is 0. The van der Waals surface area contributed by atoms with Crippen molar-refractivity contribution in [1.82, 2.24) is 24.5 Å². The van der Waals surface area contributed by atoms with Crippen LogP contribution in [0.2, 0.25) is 0 Å². The van der Waals surface area contributed by atoms with Crippen LogP contribution in [0.5, 0.6) is 0 Å². The molecule has 0 amide bonds. The Bertz CT molecular complexity index is 3190. The van der Waals surface area contributed by atoms with Crippen molar-refractivity contribution in [2.24, 2.45) is 0 Å². The van der Waals surface area contributed by atoms with Gasteiger partial charge in [-0.25, -0.2) is 19.9 Å². The van der Waals surface area contributed by atoms with Crippen LogP contribution in [0, 0.1) is 0 Å². The van der Waals surface area contributed by atoms with Gasteiger partial charge in [-0.15, -0.1) is 0 Å². The van der Waals surface area contributed by atoms with Crippen LogP contribution in [0.4, 0.5) is 0 Å². The Labute approximate surface area is 322 Å². The highest BCUT2D eigenvalue weighted by molar-refractivity contribution is 6.17. The minimum absolute atomic E-state index is 0.525. The monoisotopic (exact) mass is 717 g/mol. The van der Waals surface area contributed by atoms with Crippen LogP contribution in [-0.4, -0.2) is 24.5 Å². The molecule has 0 spiro atoms. The van der Waals surface area contributed by atoms with Crippen molar-refractivity contribution in [3.05, 3.63) is 188 Å². The molecule has 0 unspecified atom stereocenters. The van der Waals surface area contributed by atoms with E-state index in [4.69, 9.17) is 24.4 Å². The number of nitrogens with zero attached hydrogens (tertiary/aromatic N) is 5. The Kier molecular flexibility index (Phi) is 7.38. The predicted octanol–water partition coefficient (Wildman–Crippen LogP) is 12.6. The van der Waals surface area contributed by atoms with Gasteiger partial charge in [-0.1, -0.05) is 146 Å². The molecule has 6 heteroatoms. The second kappa shape index (κ2) is 13.0. The van der Waals surface area contributed by atoms with Crippen LogP contribution in [0.1, 0.15) is 0 Å². The standard InChI is InChI=1S/C50H31N5O/c1-4-15-32(16-5-1)35-21-14-22-36(27-35)37-28-42(49-53-47(33-17-6-2-7-18-33)52-48(54-49)34-19-8-3-9-20-34)50(51-31-37)55-43-25-12-10-23-38(43)40-29-41-39-24-11-13-26-45(39)56-46(41)30-44(40)55/h1-31H. The van der Waals surface area contributed by atoms with E-state index in [-0.39, 0.29) is 0 Å². The summed E-state index contributed by atoms with van der Waals surface area (Å²) in [4.78, 5) is 20.8.